The summed E-state index contributed by atoms with van der Waals surface area (Å²) in [6.07, 6.45) is 0.794. The molecule has 2 aromatic rings. The molecule has 6 heteroatoms. The Bertz CT molecular complexity index is 629. The van der Waals surface area contributed by atoms with Gasteiger partial charge in [0, 0.05) is 31.0 Å². The Kier molecular flexibility index (Phi) is 3.36. The van der Waals surface area contributed by atoms with Crippen molar-refractivity contribution < 1.29 is 13.5 Å². The largest absolute Gasteiger partial charge is 0.379 e. The Balaban J connectivity index is 2.15. The Morgan fingerprint density at radius 1 is 1.29 bits per heavy atom. The smallest absolute Gasteiger partial charge is 0.288 e. The quantitative estimate of drug-likeness (QED) is 0.869. The van der Waals surface area contributed by atoms with E-state index in [9.17, 15) is 8.78 Å². The second-order valence-electron chi connectivity index (χ2n) is 5.69. The van der Waals surface area contributed by atoms with Crippen LogP contribution in [0.1, 0.15) is 36.5 Å². The van der Waals surface area contributed by atoms with Gasteiger partial charge in [0.25, 0.3) is 5.92 Å². The average Bonchev–Trinajstić information content (AvgIpc) is 3.07. The third-order valence-electron chi connectivity index (χ3n) is 3.92. The molecule has 1 saturated heterocycles. The van der Waals surface area contributed by atoms with Crippen LogP contribution in [0.5, 0.6) is 0 Å². The summed E-state index contributed by atoms with van der Waals surface area (Å²) in [5.41, 5.74) is 1.80. The SMILES string of the molecule is Cc1ccc(C)n1-c1cc(C(C)(F)F)nn1[C@@H]1CCOC1. The molecule has 0 amide bonds. The number of alkyl halides is 2. The van der Waals surface area contributed by atoms with Crippen LogP contribution in [0, 0.1) is 13.8 Å². The highest BCUT2D eigenvalue weighted by molar-refractivity contribution is 5.35. The number of nitrogens with zero attached hydrogens (tertiary/aromatic N) is 3. The fourth-order valence-corrected chi connectivity index (χ4v) is 2.78. The number of aromatic nitrogens is 3. The summed E-state index contributed by atoms with van der Waals surface area (Å²) in [4.78, 5) is 0. The number of aryl methyl sites for hydroxylation is 2. The number of rotatable bonds is 3. The van der Waals surface area contributed by atoms with E-state index in [4.69, 9.17) is 4.74 Å². The van der Waals surface area contributed by atoms with E-state index in [1.165, 1.54) is 6.07 Å². The van der Waals surface area contributed by atoms with Crippen LogP contribution in [-0.2, 0) is 10.7 Å². The van der Waals surface area contributed by atoms with E-state index < -0.39 is 5.92 Å². The topological polar surface area (TPSA) is 32.0 Å². The van der Waals surface area contributed by atoms with E-state index in [0.717, 1.165) is 24.7 Å². The molecule has 21 heavy (non-hydrogen) atoms. The minimum atomic E-state index is -2.95. The predicted octanol–water partition coefficient (Wildman–Crippen LogP) is 3.36. The zero-order valence-electron chi connectivity index (χ0n) is 12.4. The molecular weight excluding hydrogens is 276 g/mol. The minimum Gasteiger partial charge on any atom is -0.379 e. The number of ether oxygens (including phenoxy) is 1. The summed E-state index contributed by atoms with van der Waals surface area (Å²) in [5, 5.41) is 4.17. The van der Waals surface area contributed by atoms with Gasteiger partial charge in [-0.1, -0.05) is 0 Å². The predicted molar refractivity (Wildman–Crippen MR) is 75.1 cm³/mol. The van der Waals surface area contributed by atoms with Crippen LogP contribution in [0.2, 0.25) is 0 Å². The lowest BCUT2D eigenvalue weighted by molar-refractivity contribution is 0.0118. The van der Waals surface area contributed by atoms with Crippen molar-refractivity contribution in [3.63, 3.8) is 0 Å². The van der Waals surface area contributed by atoms with E-state index in [1.807, 2.05) is 30.5 Å². The first kappa shape index (κ1) is 14.3. The summed E-state index contributed by atoms with van der Waals surface area (Å²) in [7, 11) is 0. The molecule has 0 aliphatic carbocycles. The molecule has 2 aromatic heterocycles. The van der Waals surface area contributed by atoms with Crippen LogP contribution in [0.3, 0.4) is 0 Å². The standard InChI is InChI=1S/C15H19F2N3O/c1-10-4-5-11(2)19(10)14-8-13(15(3,16)17)18-20(14)12-6-7-21-9-12/h4-5,8,12H,6-7,9H2,1-3H3/t12-/m1/s1. The molecule has 0 aromatic carbocycles. The maximum atomic E-state index is 13.7. The summed E-state index contributed by atoms with van der Waals surface area (Å²) < 4.78 is 36.4. The highest BCUT2D eigenvalue weighted by Gasteiger charge is 2.32. The van der Waals surface area contributed by atoms with Gasteiger partial charge in [0.1, 0.15) is 11.5 Å². The zero-order valence-corrected chi connectivity index (χ0v) is 12.4. The molecule has 3 rings (SSSR count). The monoisotopic (exact) mass is 295 g/mol. The van der Waals surface area contributed by atoms with Gasteiger partial charge in [-0.3, -0.25) is 0 Å². The third kappa shape index (κ3) is 2.48. The van der Waals surface area contributed by atoms with Crippen molar-refractivity contribution in [3.8, 4) is 5.82 Å². The zero-order chi connectivity index (χ0) is 15.2. The van der Waals surface area contributed by atoms with E-state index in [0.29, 0.717) is 19.0 Å². The molecule has 0 bridgehead atoms. The Morgan fingerprint density at radius 3 is 2.48 bits per heavy atom. The van der Waals surface area contributed by atoms with Crippen LogP contribution in [-0.4, -0.2) is 27.6 Å². The van der Waals surface area contributed by atoms with Crippen molar-refractivity contribution in [2.75, 3.05) is 13.2 Å². The third-order valence-corrected chi connectivity index (χ3v) is 3.92. The first-order valence-electron chi connectivity index (χ1n) is 7.09. The molecule has 0 spiro atoms. The van der Waals surface area contributed by atoms with E-state index in [1.54, 1.807) is 4.68 Å². The molecule has 0 radical (unpaired) electrons. The van der Waals surface area contributed by atoms with Crippen LogP contribution in [0.4, 0.5) is 8.78 Å². The lowest BCUT2D eigenvalue weighted by Crippen LogP contribution is -2.17. The summed E-state index contributed by atoms with van der Waals surface area (Å²) in [5.74, 6) is -2.27. The maximum absolute atomic E-state index is 13.7. The maximum Gasteiger partial charge on any atom is 0.288 e. The highest BCUT2D eigenvalue weighted by Crippen LogP contribution is 2.31. The van der Waals surface area contributed by atoms with Crippen molar-refractivity contribution in [1.29, 1.82) is 0 Å². The number of hydrogen-bond acceptors (Lipinski definition) is 2. The van der Waals surface area contributed by atoms with Gasteiger partial charge < -0.3 is 9.30 Å². The molecule has 4 nitrogen and oxygen atoms in total. The molecule has 0 saturated carbocycles. The molecule has 1 aliphatic heterocycles. The highest BCUT2D eigenvalue weighted by atomic mass is 19.3. The van der Waals surface area contributed by atoms with Gasteiger partial charge >= 0.3 is 0 Å². The molecular formula is C15H19F2N3O. The Morgan fingerprint density at radius 2 is 1.95 bits per heavy atom. The summed E-state index contributed by atoms with van der Waals surface area (Å²) in [6, 6.07) is 5.44. The van der Waals surface area contributed by atoms with Gasteiger partial charge in [0.15, 0.2) is 0 Å². The van der Waals surface area contributed by atoms with Crippen molar-refractivity contribution in [1.82, 2.24) is 14.3 Å². The second kappa shape index (κ2) is 4.94. The lowest BCUT2D eigenvalue weighted by atomic mass is 10.2. The molecule has 114 valence electrons. The van der Waals surface area contributed by atoms with Crippen molar-refractivity contribution in [2.45, 2.75) is 39.2 Å². The Hall–Kier alpha value is -1.69. The first-order valence-corrected chi connectivity index (χ1v) is 7.09. The Labute approximate surface area is 122 Å². The first-order chi connectivity index (χ1) is 9.88. The fraction of sp³-hybridized carbons (Fsp3) is 0.533. The van der Waals surface area contributed by atoms with Gasteiger partial charge in [-0.05, 0) is 32.4 Å². The van der Waals surface area contributed by atoms with Crippen LogP contribution in [0.25, 0.3) is 5.82 Å². The van der Waals surface area contributed by atoms with Crippen LogP contribution >= 0.6 is 0 Å². The molecule has 1 aliphatic rings. The van der Waals surface area contributed by atoms with E-state index >= 15 is 0 Å². The van der Waals surface area contributed by atoms with Gasteiger partial charge in [-0.25, -0.2) is 4.68 Å². The van der Waals surface area contributed by atoms with Crippen LogP contribution < -0.4 is 0 Å². The lowest BCUT2D eigenvalue weighted by Gasteiger charge is -2.16. The summed E-state index contributed by atoms with van der Waals surface area (Å²) in [6.45, 7) is 5.96. The normalized spacial score (nSPS) is 19.4. The number of halogens is 2. The minimum absolute atomic E-state index is 0.0114. The molecule has 0 unspecified atom stereocenters. The van der Waals surface area contributed by atoms with Gasteiger partial charge in [0.05, 0.1) is 12.6 Å². The van der Waals surface area contributed by atoms with E-state index in [-0.39, 0.29) is 11.7 Å². The molecule has 3 heterocycles. The fourth-order valence-electron chi connectivity index (χ4n) is 2.78. The molecule has 1 atom stereocenters. The second-order valence-corrected chi connectivity index (χ2v) is 5.69. The van der Waals surface area contributed by atoms with Gasteiger partial charge in [-0.15, -0.1) is 0 Å². The van der Waals surface area contributed by atoms with Crippen LogP contribution in [0.15, 0.2) is 18.2 Å². The van der Waals surface area contributed by atoms with Gasteiger partial charge in [0.2, 0.25) is 0 Å². The van der Waals surface area contributed by atoms with Crippen molar-refractivity contribution in [2.24, 2.45) is 0 Å². The molecule has 0 N–H and O–H groups in total. The van der Waals surface area contributed by atoms with Crippen molar-refractivity contribution in [3.05, 3.63) is 35.3 Å². The van der Waals surface area contributed by atoms with E-state index in [2.05, 4.69) is 5.10 Å². The number of hydrogen-bond donors (Lipinski definition) is 0. The summed E-state index contributed by atoms with van der Waals surface area (Å²) >= 11 is 0. The van der Waals surface area contributed by atoms with Gasteiger partial charge in [-0.2, -0.15) is 13.9 Å². The van der Waals surface area contributed by atoms with Crippen molar-refractivity contribution >= 4 is 0 Å². The molecule has 1 fully saturated rings. The average molecular weight is 295 g/mol.